The molecule has 3 aliphatic rings. The van der Waals surface area contributed by atoms with Crippen LogP contribution in [0.4, 0.5) is 0 Å². The number of ether oxygens (including phenoxy) is 3. The molecular weight excluding hydrogens is 368 g/mol. The van der Waals surface area contributed by atoms with Gasteiger partial charge in [0.1, 0.15) is 5.75 Å². The van der Waals surface area contributed by atoms with E-state index >= 15 is 0 Å². The summed E-state index contributed by atoms with van der Waals surface area (Å²) in [6.45, 7) is 6.41. The van der Waals surface area contributed by atoms with E-state index in [4.69, 9.17) is 19.2 Å². The molecule has 1 aromatic carbocycles. The number of aromatic nitrogens is 1. The van der Waals surface area contributed by atoms with Gasteiger partial charge >= 0.3 is 5.97 Å². The first kappa shape index (κ1) is 18.4. The predicted octanol–water partition coefficient (Wildman–Crippen LogP) is 3.60. The summed E-state index contributed by atoms with van der Waals surface area (Å²) < 4.78 is 16.9. The number of rotatable bonds is 3. The van der Waals surface area contributed by atoms with Crippen LogP contribution in [-0.4, -0.2) is 42.2 Å². The number of pyridine rings is 1. The lowest BCUT2D eigenvalue weighted by atomic mass is 9.74. The van der Waals surface area contributed by atoms with Crippen molar-refractivity contribution in [2.45, 2.75) is 39.0 Å². The van der Waals surface area contributed by atoms with E-state index in [1.165, 1.54) is 12.7 Å². The largest absolute Gasteiger partial charge is 0.497 e. The molecule has 6 nitrogen and oxygen atoms in total. The Morgan fingerprint density at radius 2 is 2.17 bits per heavy atom. The van der Waals surface area contributed by atoms with Gasteiger partial charge in [0, 0.05) is 35.9 Å². The zero-order valence-electron chi connectivity index (χ0n) is 17.1. The number of esters is 1. The molecule has 0 unspecified atom stereocenters. The van der Waals surface area contributed by atoms with Gasteiger partial charge in [0.25, 0.3) is 0 Å². The molecule has 0 N–H and O–H groups in total. The van der Waals surface area contributed by atoms with Crippen molar-refractivity contribution in [2.75, 3.05) is 20.3 Å². The van der Waals surface area contributed by atoms with Crippen molar-refractivity contribution in [3.63, 3.8) is 0 Å². The highest BCUT2D eigenvalue weighted by Crippen LogP contribution is 2.50. The first-order valence-electron chi connectivity index (χ1n) is 10.3. The Balaban J connectivity index is 1.58. The Labute approximate surface area is 170 Å². The summed E-state index contributed by atoms with van der Waals surface area (Å²) in [5.74, 6) is 1.03. The molecule has 29 heavy (non-hydrogen) atoms. The van der Waals surface area contributed by atoms with Crippen LogP contribution in [-0.2, 0) is 20.8 Å². The zero-order chi connectivity index (χ0) is 20.1. The lowest BCUT2D eigenvalue weighted by Crippen LogP contribution is -2.47. The molecule has 2 aromatic rings. The Bertz CT molecular complexity index is 1000. The Kier molecular flexibility index (Phi) is 4.46. The predicted molar refractivity (Wildman–Crippen MR) is 108 cm³/mol. The SMILES string of the molecule is CCOc1c2c(nc3ccccc13)[C@@H]1C[C@@H]3C(C(=O)OC)=CO[C@@H](C)[C@@H]3CN1C2. The molecule has 0 amide bonds. The second kappa shape index (κ2) is 7.02. The molecule has 1 aromatic heterocycles. The van der Waals surface area contributed by atoms with Crippen LogP contribution in [0.5, 0.6) is 5.75 Å². The van der Waals surface area contributed by atoms with Crippen molar-refractivity contribution in [3.8, 4) is 5.75 Å². The fourth-order valence-corrected chi connectivity index (χ4v) is 5.25. The van der Waals surface area contributed by atoms with Crippen molar-refractivity contribution >= 4 is 16.9 Å². The van der Waals surface area contributed by atoms with Gasteiger partial charge in [-0.15, -0.1) is 0 Å². The number of carbonyl (C=O) groups excluding carboxylic acids is 1. The maximum atomic E-state index is 12.4. The average Bonchev–Trinajstić information content (AvgIpc) is 3.10. The number of hydrogen-bond acceptors (Lipinski definition) is 6. The molecule has 3 aliphatic heterocycles. The summed E-state index contributed by atoms with van der Waals surface area (Å²) in [4.78, 5) is 19.9. The van der Waals surface area contributed by atoms with E-state index < -0.39 is 0 Å². The topological polar surface area (TPSA) is 60.9 Å². The minimum Gasteiger partial charge on any atom is -0.497 e. The van der Waals surface area contributed by atoms with Crippen molar-refractivity contribution in [1.82, 2.24) is 9.88 Å². The van der Waals surface area contributed by atoms with Crippen molar-refractivity contribution < 1.29 is 19.0 Å². The van der Waals surface area contributed by atoms with Crippen LogP contribution < -0.4 is 4.74 Å². The van der Waals surface area contributed by atoms with E-state index in [1.54, 1.807) is 6.26 Å². The highest BCUT2D eigenvalue weighted by molar-refractivity contribution is 5.89. The fourth-order valence-electron chi connectivity index (χ4n) is 5.25. The maximum absolute atomic E-state index is 12.4. The van der Waals surface area contributed by atoms with Gasteiger partial charge in [-0.3, -0.25) is 9.88 Å². The van der Waals surface area contributed by atoms with Crippen LogP contribution in [0.1, 0.15) is 37.6 Å². The number of hydrogen-bond donors (Lipinski definition) is 0. The number of fused-ring (bicyclic) bond motifs is 5. The number of para-hydroxylation sites is 1. The molecule has 1 saturated heterocycles. The van der Waals surface area contributed by atoms with Crippen molar-refractivity contribution in [1.29, 1.82) is 0 Å². The van der Waals surface area contributed by atoms with E-state index in [0.29, 0.717) is 12.2 Å². The number of benzene rings is 1. The molecule has 1 fully saturated rings. The summed E-state index contributed by atoms with van der Waals surface area (Å²) in [5.41, 5.74) is 3.89. The molecule has 0 spiro atoms. The Hall–Kier alpha value is -2.60. The molecule has 152 valence electrons. The number of piperidine rings is 1. The van der Waals surface area contributed by atoms with E-state index in [9.17, 15) is 4.79 Å². The van der Waals surface area contributed by atoms with Crippen LogP contribution in [0.25, 0.3) is 10.9 Å². The third kappa shape index (κ3) is 2.81. The minimum atomic E-state index is -0.292. The fraction of sp³-hybridized carbons (Fsp3) is 0.478. The highest BCUT2D eigenvalue weighted by Gasteiger charge is 2.48. The van der Waals surface area contributed by atoms with Gasteiger partial charge in [-0.05, 0) is 32.4 Å². The van der Waals surface area contributed by atoms with Gasteiger partial charge in [-0.2, -0.15) is 0 Å². The van der Waals surface area contributed by atoms with Gasteiger partial charge < -0.3 is 14.2 Å². The summed E-state index contributed by atoms with van der Waals surface area (Å²) in [6.07, 6.45) is 2.52. The van der Waals surface area contributed by atoms with Crippen LogP contribution in [0.2, 0.25) is 0 Å². The molecule has 4 atom stereocenters. The molecule has 0 saturated carbocycles. The molecule has 5 rings (SSSR count). The smallest absolute Gasteiger partial charge is 0.337 e. The Morgan fingerprint density at radius 3 is 2.97 bits per heavy atom. The molecule has 4 heterocycles. The second-order valence-corrected chi connectivity index (χ2v) is 8.11. The summed E-state index contributed by atoms with van der Waals surface area (Å²) >= 11 is 0. The van der Waals surface area contributed by atoms with Crippen LogP contribution in [0.3, 0.4) is 0 Å². The van der Waals surface area contributed by atoms with Gasteiger partial charge in [0.2, 0.25) is 0 Å². The van der Waals surface area contributed by atoms with Crippen LogP contribution in [0.15, 0.2) is 36.1 Å². The molecule has 0 bridgehead atoms. The summed E-state index contributed by atoms with van der Waals surface area (Å²) in [5, 5.41) is 1.07. The van der Waals surface area contributed by atoms with E-state index in [0.717, 1.165) is 41.9 Å². The Morgan fingerprint density at radius 1 is 1.34 bits per heavy atom. The van der Waals surface area contributed by atoms with E-state index in [2.05, 4.69) is 17.9 Å². The lowest BCUT2D eigenvalue weighted by Gasteiger charge is -2.45. The van der Waals surface area contributed by atoms with Crippen molar-refractivity contribution in [2.24, 2.45) is 11.8 Å². The van der Waals surface area contributed by atoms with Gasteiger partial charge in [-0.1, -0.05) is 12.1 Å². The molecule has 0 aliphatic carbocycles. The second-order valence-electron chi connectivity index (χ2n) is 8.11. The number of carbonyl (C=O) groups is 1. The zero-order valence-corrected chi connectivity index (χ0v) is 17.1. The van der Waals surface area contributed by atoms with Gasteiger partial charge in [0.05, 0.1) is 48.9 Å². The van der Waals surface area contributed by atoms with E-state index in [-0.39, 0.29) is 30.0 Å². The monoisotopic (exact) mass is 394 g/mol. The van der Waals surface area contributed by atoms with Gasteiger partial charge in [0.15, 0.2) is 0 Å². The summed E-state index contributed by atoms with van der Waals surface area (Å²) in [7, 11) is 1.43. The summed E-state index contributed by atoms with van der Waals surface area (Å²) in [6, 6.07) is 8.34. The van der Waals surface area contributed by atoms with E-state index in [1.807, 2.05) is 25.1 Å². The van der Waals surface area contributed by atoms with Gasteiger partial charge in [-0.25, -0.2) is 4.79 Å². The van der Waals surface area contributed by atoms with Crippen LogP contribution in [0, 0.1) is 11.8 Å². The highest BCUT2D eigenvalue weighted by atomic mass is 16.5. The number of methoxy groups -OCH3 is 1. The normalized spacial score (nSPS) is 28.0. The molecule has 6 heteroatoms. The quantitative estimate of drug-likeness (QED) is 0.742. The van der Waals surface area contributed by atoms with Crippen LogP contribution >= 0.6 is 0 Å². The lowest BCUT2D eigenvalue weighted by molar-refractivity contribution is -0.139. The third-order valence-electron chi connectivity index (χ3n) is 6.65. The van der Waals surface area contributed by atoms with Crippen molar-refractivity contribution in [3.05, 3.63) is 47.4 Å². The minimum absolute atomic E-state index is 0.0662. The molecular formula is C23H26N2O4. The first-order chi connectivity index (χ1) is 14.1. The third-order valence-corrected chi connectivity index (χ3v) is 6.65. The standard InChI is InChI=1S/C23H26N2O4/c1-4-28-22-14-7-5-6-8-19(14)24-21-17(22)11-25-10-16-13(2)29-12-18(23(26)27-3)15(16)9-20(21)25/h5-8,12-13,15-16,20H,4,9-11H2,1-3H3/t13-,15-,16-,20-/m0/s1. The average molecular weight is 394 g/mol. The maximum Gasteiger partial charge on any atom is 0.337 e. The molecule has 0 radical (unpaired) electrons. The number of nitrogens with zero attached hydrogens (tertiary/aromatic N) is 2. The first-order valence-corrected chi connectivity index (χ1v) is 10.3.